The van der Waals surface area contributed by atoms with Gasteiger partial charge in [0.15, 0.2) is 0 Å². The van der Waals surface area contributed by atoms with Crippen molar-refractivity contribution in [2.75, 3.05) is 0 Å². The zero-order chi connectivity index (χ0) is 11.4. The average Bonchev–Trinajstić information content (AvgIpc) is 2.30. The Balaban J connectivity index is 2.14. The van der Waals surface area contributed by atoms with E-state index >= 15 is 0 Å². The molecule has 0 bridgehead atoms. The van der Waals surface area contributed by atoms with E-state index in [0.29, 0.717) is 12.4 Å². The van der Waals surface area contributed by atoms with Crippen LogP contribution in [0.25, 0.3) is 0 Å². The lowest BCUT2D eigenvalue weighted by Gasteiger charge is -2.04. The highest BCUT2D eigenvalue weighted by atomic mass is 16.5. The summed E-state index contributed by atoms with van der Waals surface area (Å²) < 4.78 is 5.54. The molecule has 82 valence electrons. The summed E-state index contributed by atoms with van der Waals surface area (Å²) in [6.45, 7) is 2.48. The van der Waals surface area contributed by atoms with Gasteiger partial charge in [-0.1, -0.05) is 12.1 Å². The van der Waals surface area contributed by atoms with Crippen LogP contribution in [0.2, 0.25) is 0 Å². The molecule has 1 aromatic carbocycles. The van der Waals surface area contributed by atoms with E-state index in [-0.39, 0.29) is 0 Å². The minimum absolute atomic E-state index is 0.500. The molecule has 0 fully saturated rings. The molecule has 1 heterocycles. The van der Waals surface area contributed by atoms with Crippen LogP contribution in [-0.2, 0) is 6.54 Å². The number of aryl methyl sites for hydroxylation is 1. The highest BCUT2D eigenvalue weighted by molar-refractivity contribution is 5.30. The van der Waals surface area contributed by atoms with Crippen molar-refractivity contribution in [2.24, 2.45) is 5.73 Å². The molecular formula is C12H13N3O. The van der Waals surface area contributed by atoms with Gasteiger partial charge in [0, 0.05) is 12.6 Å². The number of aromatic nitrogens is 2. The normalized spacial score (nSPS) is 10.1. The van der Waals surface area contributed by atoms with Crippen LogP contribution in [-0.4, -0.2) is 10.2 Å². The monoisotopic (exact) mass is 215 g/mol. The summed E-state index contributed by atoms with van der Waals surface area (Å²) in [4.78, 5) is 0. The lowest BCUT2D eigenvalue weighted by Crippen LogP contribution is -1.96. The van der Waals surface area contributed by atoms with Crippen LogP contribution in [0.5, 0.6) is 11.6 Å². The Bertz CT molecular complexity index is 468. The Kier molecular flexibility index (Phi) is 3.12. The van der Waals surface area contributed by atoms with Crippen molar-refractivity contribution >= 4 is 0 Å². The molecule has 0 amide bonds. The highest BCUT2D eigenvalue weighted by Gasteiger charge is 1.99. The fraction of sp³-hybridized carbons (Fsp3) is 0.167. The van der Waals surface area contributed by atoms with Gasteiger partial charge in [0.2, 0.25) is 5.88 Å². The van der Waals surface area contributed by atoms with Gasteiger partial charge in [0.05, 0.1) is 6.20 Å². The zero-order valence-corrected chi connectivity index (χ0v) is 9.05. The van der Waals surface area contributed by atoms with E-state index in [1.54, 1.807) is 6.20 Å². The molecular weight excluding hydrogens is 202 g/mol. The third kappa shape index (κ3) is 2.55. The predicted octanol–water partition coefficient (Wildman–Crippen LogP) is 2.04. The SMILES string of the molecule is Cc1cnnc(Oc2ccc(CN)cc2)c1. The Hall–Kier alpha value is -1.94. The van der Waals surface area contributed by atoms with Gasteiger partial charge in [0.25, 0.3) is 0 Å². The fourth-order valence-corrected chi connectivity index (χ4v) is 1.30. The highest BCUT2D eigenvalue weighted by Crippen LogP contribution is 2.19. The van der Waals surface area contributed by atoms with Gasteiger partial charge in [-0.15, -0.1) is 5.10 Å². The first-order valence-corrected chi connectivity index (χ1v) is 5.04. The lowest BCUT2D eigenvalue weighted by molar-refractivity contribution is 0.454. The Labute approximate surface area is 94.1 Å². The number of nitrogens with zero attached hydrogens (tertiary/aromatic N) is 2. The van der Waals surface area contributed by atoms with Crippen LogP contribution in [0.1, 0.15) is 11.1 Å². The van der Waals surface area contributed by atoms with Crippen LogP contribution < -0.4 is 10.5 Å². The second-order valence-electron chi connectivity index (χ2n) is 3.52. The maximum Gasteiger partial charge on any atom is 0.239 e. The zero-order valence-electron chi connectivity index (χ0n) is 9.05. The molecule has 0 saturated heterocycles. The fourth-order valence-electron chi connectivity index (χ4n) is 1.30. The van der Waals surface area contributed by atoms with Crippen molar-refractivity contribution in [1.29, 1.82) is 0 Å². The molecule has 0 saturated carbocycles. The molecule has 2 rings (SSSR count). The van der Waals surface area contributed by atoms with Crippen molar-refractivity contribution in [3.63, 3.8) is 0 Å². The Morgan fingerprint density at radius 3 is 2.62 bits per heavy atom. The quantitative estimate of drug-likeness (QED) is 0.851. The van der Waals surface area contributed by atoms with Crippen molar-refractivity contribution in [3.8, 4) is 11.6 Å². The Morgan fingerprint density at radius 2 is 2.00 bits per heavy atom. The molecule has 0 spiro atoms. The number of benzene rings is 1. The van der Waals surface area contributed by atoms with E-state index in [9.17, 15) is 0 Å². The standard InChI is InChI=1S/C12H13N3O/c1-9-6-12(15-14-8-9)16-11-4-2-10(7-13)3-5-11/h2-6,8H,7,13H2,1H3. The molecule has 0 radical (unpaired) electrons. The molecule has 0 aliphatic carbocycles. The third-order valence-electron chi connectivity index (χ3n) is 2.15. The van der Waals surface area contributed by atoms with Crippen LogP contribution in [0.15, 0.2) is 36.5 Å². The van der Waals surface area contributed by atoms with Crippen LogP contribution >= 0.6 is 0 Å². The van der Waals surface area contributed by atoms with Crippen LogP contribution in [0, 0.1) is 6.92 Å². The molecule has 1 aromatic heterocycles. The molecule has 0 unspecified atom stereocenters. The van der Waals surface area contributed by atoms with E-state index in [1.807, 2.05) is 37.3 Å². The predicted molar refractivity (Wildman–Crippen MR) is 61.2 cm³/mol. The number of hydrogen-bond acceptors (Lipinski definition) is 4. The molecule has 16 heavy (non-hydrogen) atoms. The summed E-state index contributed by atoms with van der Waals surface area (Å²) in [7, 11) is 0. The summed E-state index contributed by atoms with van der Waals surface area (Å²) in [6.07, 6.45) is 1.68. The molecule has 2 aromatic rings. The van der Waals surface area contributed by atoms with Crippen molar-refractivity contribution in [3.05, 3.63) is 47.7 Å². The molecule has 4 heteroatoms. The van der Waals surface area contributed by atoms with Gasteiger partial charge in [-0.3, -0.25) is 0 Å². The summed E-state index contributed by atoms with van der Waals surface area (Å²) in [5.74, 6) is 1.23. The summed E-state index contributed by atoms with van der Waals surface area (Å²) in [5.41, 5.74) is 7.60. The van der Waals surface area contributed by atoms with E-state index in [0.717, 1.165) is 16.9 Å². The van der Waals surface area contributed by atoms with E-state index in [4.69, 9.17) is 10.5 Å². The van der Waals surface area contributed by atoms with E-state index in [1.165, 1.54) is 0 Å². The second kappa shape index (κ2) is 4.72. The second-order valence-corrected chi connectivity index (χ2v) is 3.52. The van der Waals surface area contributed by atoms with Gasteiger partial charge in [0.1, 0.15) is 5.75 Å². The molecule has 0 aliphatic rings. The van der Waals surface area contributed by atoms with Crippen LogP contribution in [0.4, 0.5) is 0 Å². The number of ether oxygens (including phenoxy) is 1. The first kappa shape index (κ1) is 10.6. The van der Waals surface area contributed by atoms with Crippen molar-refractivity contribution in [2.45, 2.75) is 13.5 Å². The molecule has 4 nitrogen and oxygen atoms in total. The number of hydrogen-bond donors (Lipinski definition) is 1. The van der Waals surface area contributed by atoms with Gasteiger partial charge in [-0.25, -0.2) is 0 Å². The van der Waals surface area contributed by atoms with Gasteiger partial charge >= 0.3 is 0 Å². The molecule has 0 atom stereocenters. The van der Waals surface area contributed by atoms with E-state index in [2.05, 4.69) is 10.2 Å². The van der Waals surface area contributed by atoms with Gasteiger partial charge < -0.3 is 10.5 Å². The summed E-state index contributed by atoms with van der Waals surface area (Å²) in [5, 5.41) is 7.70. The topological polar surface area (TPSA) is 61.0 Å². The first-order valence-electron chi connectivity index (χ1n) is 5.04. The van der Waals surface area contributed by atoms with Gasteiger partial charge in [-0.2, -0.15) is 5.10 Å². The minimum Gasteiger partial charge on any atom is -0.438 e. The van der Waals surface area contributed by atoms with Crippen molar-refractivity contribution < 1.29 is 4.74 Å². The van der Waals surface area contributed by atoms with Crippen LogP contribution in [0.3, 0.4) is 0 Å². The summed E-state index contributed by atoms with van der Waals surface area (Å²) >= 11 is 0. The average molecular weight is 215 g/mol. The molecule has 0 aliphatic heterocycles. The smallest absolute Gasteiger partial charge is 0.239 e. The third-order valence-corrected chi connectivity index (χ3v) is 2.15. The maximum absolute atomic E-state index is 5.54. The minimum atomic E-state index is 0.500. The van der Waals surface area contributed by atoms with Crippen molar-refractivity contribution in [1.82, 2.24) is 10.2 Å². The number of nitrogens with two attached hydrogens (primary N) is 1. The summed E-state index contributed by atoms with van der Waals surface area (Å²) in [6, 6.07) is 9.43. The first-order chi connectivity index (χ1) is 7.78. The maximum atomic E-state index is 5.54. The Morgan fingerprint density at radius 1 is 1.25 bits per heavy atom. The lowest BCUT2D eigenvalue weighted by atomic mass is 10.2. The number of rotatable bonds is 3. The van der Waals surface area contributed by atoms with E-state index < -0.39 is 0 Å². The van der Waals surface area contributed by atoms with Gasteiger partial charge in [-0.05, 0) is 30.2 Å². The largest absolute Gasteiger partial charge is 0.438 e. The molecule has 2 N–H and O–H groups in total.